The maximum atomic E-state index is 11.8. The molecule has 0 unspecified atom stereocenters. The normalized spacial score (nSPS) is 13.2. The van der Waals surface area contributed by atoms with Crippen molar-refractivity contribution in [1.29, 1.82) is 0 Å². The lowest BCUT2D eigenvalue weighted by atomic mass is 10.1. The van der Waals surface area contributed by atoms with Crippen molar-refractivity contribution in [3.05, 3.63) is 28.2 Å². The van der Waals surface area contributed by atoms with E-state index in [9.17, 15) is 14.4 Å². The summed E-state index contributed by atoms with van der Waals surface area (Å²) >= 11 is 1.34. The molecule has 0 bridgehead atoms. The molecule has 0 aliphatic heterocycles. The molecule has 0 saturated heterocycles. The number of carbonyl (C=O) groups is 3. The van der Waals surface area contributed by atoms with Crippen LogP contribution >= 0.6 is 11.3 Å². The van der Waals surface area contributed by atoms with Crippen molar-refractivity contribution >= 4 is 34.2 Å². The van der Waals surface area contributed by atoms with Gasteiger partial charge in [-0.3, -0.25) is 4.79 Å². The van der Waals surface area contributed by atoms with Gasteiger partial charge in [-0.05, 0) is 24.8 Å². The predicted octanol–water partition coefficient (Wildman–Crippen LogP) is 1.60. The van der Waals surface area contributed by atoms with E-state index in [2.05, 4.69) is 5.32 Å². The van der Waals surface area contributed by atoms with E-state index in [0.29, 0.717) is 10.6 Å². The molecule has 1 aliphatic carbocycles. The van der Waals surface area contributed by atoms with Crippen LogP contribution < -0.4 is 5.32 Å². The van der Waals surface area contributed by atoms with Crippen LogP contribution in [0.1, 0.15) is 27.2 Å². The first-order valence-corrected chi connectivity index (χ1v) is 6.79. The largest absolute Gasteiger partial charge is 0.478 e. The van der Waals surface area contributed by atoms with Crippen LogP contribution in [0.3, 0.4) is 0 Å². The van der Waals surface area contributed by atoms with Crippen LogP contribution in [-0.4, -0.2) is 30.1 Å². The van der Waals surface area contributed by atoms with E-state index >= 15 is 0 Å². The first kappa shape index (κ1) is 14.3. The average molecular weight is 295 g/mol. The van der Waals surface area contributed by atoms with Crippen LogP contribution in [0.4, 0.5) is 5.00 Å². The van der Waals surface area contributed by atoms with Gasteiger partial charge in [0.1, 0.15) is 5.00 Å². The summed E-state index contributed by atoms with van der Waals surface area (Å²) in [6, 6.07) is 0. The summed E-state index contributed by atoms with van der Waals surface area (Å²) in [6.07, 6.45) is 4.31. The van der Waals surface area contributed by atoms with Crippen molar-refractivity contribution in [2.24, 2.45) is 0 Å². The number of hydrogen-bond acceptors (Lipinski definition) is 5. The predicted molar refractivity (Wildman–Crippen MR) is 73.1 cm³/mol. The molecular weight excluding hydrogens is 282 g/mol. The van der Waals surface area contributed by atoms with Crippen LogP contribution in [0.5, 0.6) is 0 Å². The summed E-state index contributed by atoms with van der Waals surface area (Å²) in [6.45, 7) is 0. The number of thiophene rings is 1. The van der Waals surface area contributed by atoms with Crippen molar-refractivity contribution in [2.75, 3.05) is 12.4 Å². The maximum Gasteiger partial charge on any atom is 0.341 e. The number of ether oxygens (including phenoxy) is 1. The van der Waals surface area contributed by atoms with Gasteiger partial charge in [0.15, 0.2) is 0 Å². The Morgan fingerprint density at radius 2 is 2.05 bits per heavy atom. The van der Waals surface area contributed by atoms with Crippen molar-refractivity contribution in [2.45, 2.75) is 19.3 Å². The van der Waals surface area contributed by atoms with Gasteiger partial charge >= 0.3 is 11.9 Å². The summed E-state index contributed by atoms with van der Waals surface area (Å²) in [4.78, 5) is 34.8. The van der Waals surface area contributed by atoms with E-state index in [4.69, 9.17) is 9.84 Å². The molecule has 1 aliphatic rings. The number of aliphatic carboxylic acids is 1. The molecule has 0 atom stereocenters. The fourth-order valence-electron chi connectivity index (χ4n) is 2.11. The molecule has 0 radical (unpaired) electrons. The van der Waals surface area contributed by atoms with Crippen LogP contribution in [0, 0.1) is 0 Å². The zero-order chi connectivity index (χ0) is 14.7. The highest BCUT2D eigenvalue weighted by Gasteiger charge is 2.27. The molecule has 2 N–H and O–H groups in total. The Labute approximate surface area is 119 Å². The third-order valence-corrected chi connectivity index (χ3v) is 4.13. The Bertz CT molecular complexity index is 602. The fraction of sp³-hybridized carbons (Fsp3) is 0.308. The lowest BCUT2D eigenvalue weighted by Crippen LogP contribution is -2.12. The Balaban J connectivity index is 2.26. The summed E-state index contributed by atoms with van der Waals surface area (Å²) in [7, 11) is 1.29. The lowest BCUT2D eigenvalue weighted by molar-refractivity contribution is -0.131. The number of esters is 1. The second kappa shape index (κ2) is 5.87. The highest BCUT2D eigenvalue weighted by Crippen LogP contribution is 2.39. The van der Waals surface area contributed by atoms with Gasteiger partial charge in [0.25, 0.3) is 0 Å². The molecule has 1 aromatic heterocycles. The highest BCUT2D eigenvalue weighted by atomic mass is 32.1. The van der Waals surface area contributed by atoms with Crippen LogP contribution in [-0.2, 0) is 27.2 Å². The second-order valence-corrected chi connectivity index (χ2v) is 5.32. The van der Waals surface area contributed by atoms with Gasteiger partial charge < -0.3 is 15.2 Å². The van der Waals surface area contributed by atoms with Gasteiger partial charge in [-0.25, -0.2) is 9.59 Å². The number of rotatable bonds is 4. The number of methoxy groups -OCH3 is 1. The molecule has 0 aromatic carbocycles. The first-order valence-electron chi connectivity index (χ1n) is 5.97. The Kier molecular flexibility index (Phi) is 4.19. The fourth-order valence-corrected chi connectivity index (χ4v) is 3.39. The van der Waals surface area contributed by atoms with E-state index in [-0.39, 0.29) is 0 Å². The number of hydrogen-bond donors (Lipinski definition) is 2. The molecule has 6 nitrogen and oxygen atoms in total. The van der Waals surface area contributed by atoms with E-state index in [1.807, 2.05) is 0 Å². The molecule has 1 heterocycles. The topological polar surface area (TPSA) is 92.7 Å². The maximum absolute atomic E-state index is 11.8. The standard InChI is InChI=1S/C13H13NO5S/c1-19-13(18)11-7-3-2-4-8(7)20-12(11)14-9(15)5-6-10(16)17/h5-6H,2-4H2,1H3,(H,14,15)(H,16,17)/b6-5-. The van der Waals surface area contributed by atoms with E-state index in [0.717, 1.165) is 41.9 Å². The van der Waals surface area contributed by atoms with Gasteiger partial charge in [0.2, 0.25) is 5.91 Å². The number of carbonyl (C=O) groups excluding carboxylic acids is 2. The molecule has 0 spiro atoms. The van der Waals surface area contributed by atoms with Crippen molar-refractivity contribution in [3.8, 4) is 0 Å². The zero-order valence-electron chi connectivity index (χ0n) is 10.8. The molecule has 7 heteroatoms. The van der Waals surface area contributed by atoms with Crippen LogP contribution in [0.25, 0.3) is 0 Å². The summed E-state index contributed by atoms with van der Waals surface area (Å²) in [5, 5.41) is 11.4. The van der Waals surface area contributed by atoms with Crippen LogP contribution in [0.2, 0.25) is 0 Å². The van der Waals surface area contributed by atoms with Crippen molar-refractivity contribution in [1.82, 2.24) is 0 Å². The Morgan fingerprint density at radius 3 is 2.70 bits per heavy atom. The number of nitrogens with one attached hydrogen (secondary N) is 1. The molecule has 0 saturated carbocycles. The quantitative estimate of drug-likeness (QED) is 0.650. The molecule has 106 valence electrons. The monoisotopic (exact) mass is 295 g/mol. The SMILES string of the molecule is COC(=O)c1c(NC(=O)/C=C\C(=O)O)sc2c1CCC2. The van der Waals surface area contributed by atoms with Gasteiger partial charge in [0, 0.05) is 17.0 Å². The molecule has 1 aromatic rings. The van der Waals surface area contributed by atoms with Crippen molar-refractivity contribution in [3.63, 3.8) is 0 Å². The van der Waals surface area contributed by atoms with Gasteiger partial charge in [-0.2, -0.15) is 0 Å². The number of carboxylic acids is 1. The third kappa shape index (κ3) is 2.88. The number of fused-ring (bicyclic) bond motifs is 1. The lowest BCUT2D eigenvalue weighted by Gasteiger charge is -2.04. The number of aryl methyl sites for hydroxylation is 1. The van der Waals surface area contributed by atoms with Crippen molar-refractivity contribution < 1.29 is 24.2 Å². The second-order valence-electron chi connectivity index (χ2n) is 4.21. The third-order valence-electron chi connectivity index (χ3n) is 2.92. The number of amides is 1. The van der Waals surface area contributed by atoms with E-state index in [1.165, 1.54) is 18.4 Å². The van der Waals surface area contributed by atoms with E-state index < -0.39 is 17.8 Å². The van der Waals surface area contributed by atoms with Gasteiger partial charge in [0.05, 0.1) is 12.7 Å². The molecule has 2 rings (SSSR count). The molecular formula is C13H13NO5S. The highest BCUT2D eigenvalue weighted by molar-refractivity contribution is 7.17. The van der Waals surface area contributed by atoms with Gasteiger partial charge in [-0.1, -0.05) is 0 Å². The smallest absolute Gasteiger partial charge is 0.341 e. The average Bonchev–Trinajstić information content (AvgIpc) is 2.95. The van der Waals surface area contributed by atoms with Gasteiger partial charge in [-0.15, -0.1) is 11.3 Å². The summed E-state index contributed by atoms with van der Waals surface area (Å²) in [5.74, 6) is -2.28. The zero-order valence-corrected chi connectivity index (χ0v) is 11.6. The Morgan fingerprint density at radius 1 is 1.30 bits per heavy atom. The first-order chi connectivity index (χ1) is 9.52. The van der Waals surface area contributed by atoms with Crippen LogP contribution in [0.15, 0.2) is 12.2 Å². The minimum atomic E-state index is -1.21. The van der Waals surface area contributed by atoms with E-state index in [1.54, 1.807) is 0 Å². The number of anilines is 1. The summed E-state index contributed by atoms with van der Waals surface area (Å²) in [5.41, 5.74) is 1.32. The minimum Gasteiger partial charge on any atom is -0.478 e. The molecule has 0 fully saturated rings. The molecule has 1 amide bonds. The number of carboxylic acid groups (broad SMARTS) is 1. The minimum absolute atomic E-state index is 0.391. The Hall–Kier alpha value is -2.15. The summed E-state index contributed by atoms with van der Waals surface area (Å²) < 4.78 is 4.74. The molecule has 20 heavy (non-hydrogen) atoms.